The van der Waals surface area contributed by atoms with Gasteiger partial charge in [-0.3, -0.25) is 4.79 Å². The summed E-state index contributed by atoms with van der Waals surface area (Å²) in [4.78, 5) is 10.4. The molecule has 0 saturated heterocycles. The van der Waals surface area contributed by atoms with E-state index in [1.165, 1.54) is 13.0 Å². The molecule has 0 aromatic carbocycles. The number of carbonyl (C=O) groups excluding carboxylic acids is 1. The molecule has 0 aliphatic rings. The zero-order valence-electron chi connectivity index (χ0n) is 7.16. The highest BCUT2D eigenvalue weighted by Crippen LogP contribution is 1.97. The summed E-state index contributed by atoms with van der Waals surface area (Å²) in [5.74, 6) is -0.222. The number of rotatable bonds is 5. The lowest BCUT2D eigenvalue weighted by Crippen LogP contribution is -2.37. The molecule has 12 heavy (non-hydrogen) atoms. The van der Waals surface area contributed by atoms with Gasteiger partial charge in [0.15, 0.2) is 0 Å². The molecule has 1 amide bonds. The Bertz CT molecular complexity index is 158. The fourth-order valence-corrected chi connectivity index (χ4v) is 0.712. The van der Waals surface area contributed by atoms with Gasteiger partial charge in [0.05, 0.1) is 12.2 Å². The Kier molecular flexibility index (Phi) is 5.32. The van der Waals surface area contributed by atoms with E-state index in [0.717, 1.165) is 0 Å². The molecule has 0 spiro atoms. The molecule has 0 aliphatic heterocycles. The third-order valence-electron chi connectivity index (χ3n) is 1.41. The standard InChI is InChI=1S/C8H15NO3/c1-3-4-7(11)8(12)5-9-6(2)10/h3,7-8,11-12H,1,4-5H2,2H3,(H,9,10). The van der Waals surface area contributed by atoms with Gasteiger partial charge in [-0.15, -0.1) is 6.58 Å². The molecule has 0 aliphatic carbocycles. The average molecular weight is 173 g/mol. The van der Waals surface area contributed by atoms with Crippen molar-refractivity contribution < 1.29 is 15.0 Å². The van der Waals surface area contributed by atoms with Crippen molar-refractivity contribution in [2.45, 2.75) is 25.6 Å². The maximum atomic E-state index is 10.4. The molecule has 0 fully saturated rings. The van der Waals surface area contributed by atoms with Gasteiger partial charge in [-0.05, 0) is 6.42 Å². The second kappa shape index (κ2) is 5.74. The van der Waals surface area contributed by atoms with Crippen molar-refractivity contribution in [1.82, 2.24) is 5.32 Å². The molecule has 0 rings (SSSR count). The molecule has 4 nitrogen and oxygen atoms in total. The lowest BCUT2D eigenvalue weighted by molar-refractivity contribution is -0.119. The van der Waals surface area contributed by atoms with E-state index < -0.39 is 12.2 Å². The number of nitrogens with one attached hydrogen (secondary N) is 1. The van der Waals surface area contributed by atoms with Gasteiger partial charge < -0.3 is 15.5 Å². The summed E-state index contributed by atoms with van der Waals surface area (Å²) in [5.41, 5.74) is 0. The van der Waals surface area contributed by atoms with Crippen molar-refractivity contribution in [2.75, 3.05) is 6.54 Å². The molecule has 0 saturated carbocycles. The Labute approximate surface area is 71.9 Å². The first-order valence-electron chi connectivity index (χ1n) is 3.79. The van der Waals surface area contributed by atoms with Gasteiger partial charge in [0.1, 0.15) is 0 Å². The van der Waals surface area contributed by atoms with Gasteiger partial charge in [-0.25, -0.2) is 0 Å². The van der Waals surface area contributed by atoms with Gasteiger partial charge >= 0.3 is 0 Å². The van der Waals surface area contributed by atoms with Crippen LogP contribution in [0.1, 0.15) is 13.3 Å². The van der Waals surface area contributed by atoms with Crippen LogP contribution in [0.25, 0.3) is 0 Å². The Morgan fingerprint density at radius 2 is 2.17 bits per heavy atom. The van der Waals surface area contributed by atoms with Crippen LogP contribution in [-0.2, 0) is 4.79 Å². The highest BCUT2D eigenvalue weighted by molar-refractivity contribution is 5.72. The molecule has 4 heteroatoms. The molecule has 2 atom stereocenters. The summed E-state index contributed by atoms with van der Waals surface area (Å²) in [6.45, 7) is 4.85. The number of hydrogen-bond acceptors (Lipinski definition) is 3. The largest absolute Gasteiger partial charge is 0.390 e. The van der Waals surface area contributed by atoms with Crippen LogP contribution in [0.4, 0.5) is 0 Å². The summed E-state index contributed by atoms with van der Waals surface area (Å²) >= 11 is 0. The summed E-state index contributed by atoms with van der Waals surface area (Å²) < 4.78 is 0. The molecule has 2 unspecified atom stereocenters. The van der Waals surface area contributed by atoms with Crippen molar-refractivity contribution in [3.05, 3.63) is 12.7 Å². The monoisotopic (exact) mass is 173 g/mol. The zero-order valence-corrected chi connectivity index (χ0v) is 7.16. The minimum Gasteiger partial charge on any atom is -0.390 e. The molecule has 0 bridgehead atoms. The predicted molar refractivity (Wildman–Crippen MR) is 45.5 cm³/mol. The Balaban J connectivity index is 3.62. The number of aliphatic hydroxyl groups excluding tert-OH is 2. The van der Waals surface area contributed by atoms with Crippen molar-refractivity contribution in [3.63, 3.8) is 0 Å². The Morgan fingerprint density at radius 1 is 1.58 bits per heavy atom. The zero-order chi connectivity index (χ0) is 9.56. The minimum atomic E-state index is -0.924. The molecule has 0 heterocycles. The molecule has 70 valence electrons. The van der Waals surface area contributed by atoms with Gasteiger partial charge in [-0.1, -0.05) is 6.08 Å². The van der Waals surface area contributed by atoms with Crippen molar-refractivity contribution in [3.8, 4) is 0 Å². The van der Waals surface area contributed by atoms with Gasteiger partial charge in [0, 0.05) is 13.5 Å². The van der Waals surface area contributed by atoms with Crippen molar-refractivity contribution in [1.29, 1.82) is 0 Å². The number of amides is 1. The Hall–Kier alpha value is -0.870. The van der Waals surface area contributed by atoms with E-state index in [2.05, 4.69) is 11.9 Å². The van der Waals surface area contributed by atoms with Gasteiger partial charge in [0.25, 0.3) is 0 Å². The maximum Gasteiger partial charge on any atom is 0.216 e. The second-order valence-corrected chi connectivity index (χ2v) is 2.60. The summed E-state index contributed by atoms with van der Waals surface area (Å²) in [6.07, 6.45) is 0.0591. The molecular formula is C8H15NO3. The number of carbonyl (C=O) groups is 1. The second-order valence-electron chi connectivity index (χ2n) is 2.60. The van der Waals surface area contributed by atoms with E-state index in [0.29, 0.717) is 6.42 Å². The minimum absolute atomic E-state index is 0.0737. The Morgan fingerprint density at radius 3 is 2.58 bits per heavy atom. The third kappa shape index (κ3) is 4.87. The lowest BCUT2D eigenvalue weighted by Gasteiger charge is -2.15. The van der Waals surface area contributed by atoms with Crippen LogP contribution in [0, 0.1) is 0 Å². The molecule has 0 aromatic heterocycles. The highest BCUT2D eigenvalue weighted by atomic mass is 16.3. The predicted octanol–water partition coefficient (Wildman–Crippen LogP) is -0.580. The normalized spacial score (nSPS) is 14.9. The fourth-order valence-electron chi connectivity index (χ4n) is 0.712. The van der Waals surface area contributed by atoms with E-state index in [9.17, 15) is 9.90 Å². The first kappa shape index (κ1) is 11.1. The number of aliphatic hydroxyl groups is 2. The van der Waals surface area contributed by atoms with E-state index in [-0.39, 0.29) is 12.5 Å². The summed E-state index contributed by atoms with van der Waals surface area (Å²) in [7, 11) is 0. The first-order chi connectivity index (χ1) is 5.57. The quantitative estimate of drug-likeness (QED) is 0.487. The van der Waals surface area contributed by atoms with E-state index >= 15 is 0 Å². The van der Waals surface area contributed by atoms with Crippen LogP contribution in [0.15, 0.2) is 12.7 Å². The van der Waals surface area contributed by atoms with Crippen LogP contribution in [0.3, 0.4) is 0 Å². The van der Waals surface area contributed by atoms with Crippen molar-refractivity contribution >= 4 is 5.91 Å². The van der Waals surface area contributed by atoms with Crippen LogP contribution >= 0.6 is 0 Å². The molecular weight excluding hydrogens is 158 g/mol. The molecule has 0 radical (unpaired) electrons. The molecule has 3 N–H and O–H groups in total. The molecule has 0 aromatic rings. The first-order valence-corrected chi connectivity index (χ1v) is 3.79. The van der Waals surface area contributed by atoms with Crippen LogP contribution in [-0.4, -0.2) is 34.9 Å². The van der Waals surface area contributed by atoms with Crippen LogP contribution < -0.4 is 5.32 Å². The van der Waals surface area contributed by atoms with Crippen LogP contribution in [0.2, 0.25) is 0 Å². The smallest absolute Gasteiger partial charge is 0.216 e. The lowest BCUT2D eigenvalue weighted by atomic mass is 10.1. The van der Waals surface area contributed by atoms with Crippen molar-refractivity contribution in [2.24, 2.45) is 0 Å². The average Bonchev–Trinajstić information content (AvgIpc) is 2.00. The van der Waals surface area contributed by atoms with Crippen LogP contribution in [0.5, 0.6) is 0 Å². The topological polar surface area (TPSA) is 69.6 Å². The van der Waals surface area contributed by atoms with E-state index in [1.54, 1.807) is 0 Å². The van der Waals surface area contributed by atoms with Gasteiger partial charge in [-0.2, -0.15) is 0 Å². The van der Waals surface area contributed by atoms with E-state index in [1.807, 2.05) is 0 Å². The third-order valence-corrected chi connectivity index (χ3v) is 1.41. The summed E-state index contributed by atoms with van der Waals surface area (Å²) in [5, 5.41) is 20.7. The highest BCUT2D eigenvalue weighted by Gasteiger charge is 2.14. The summed E-state index contributed by atoms with van der Waals surface area (Å²) in [6, 6.07) is 0. The fraction of sp³-hybridized carbons (Fsp3) is 0.625. The number of hydrogen-bond donors (Lipinski definition) is 3. The maximum absolute atomic E-state index is 10.4. The SMILES string of the molecule is C=CCC(O)C(O)CNC(C)=O. The van der Waals surface area contributed by atoms with E-state index in [4.69, 9.17) is 5.11 Å². The van der Waals surface area contributed by atoms with Gasteiger partial charge in [0.2, 0.25) is 5.91 Å².